The Hall–Kier alpha value is -4.30. The van der Waals surface area contributed by atoms with Gasteiger partial charge in [-0.15, -0.1) is 0 Å². The molecule has 0 fully saturated rings. The van der Waals surface area contributed by atoms with Gasteiger partial charge in [0.25, 0.3) is 0 Å². The molecule has 2 amide bonds. The van der Waals surface area contributed by atoms with Crippen molar-refractivity contribution in [3.05, 3.63) is 144 Å². The van der Waals surface area contributed by atoms with Crippen molar-refractivity contribution in [2.45, 2.75) is 51.0 Å². The summed E-state index contributed by atoms with van der Waals surface area (Å²) >= 11 is 0. The molecule has 0 aliphatic rings. The van der Waals surface area contributed by atoms with Gasteiger partial charge in [-0.3, -0.25) is 9.59 Å². The third-order valence-corrected chi connectivity index (χ3v) is 7.79. The van der Waals surface area contributed by atoms with Crippen LogP contribution in [-0.4, -0.2) is 55.3 Å². The Morgan fingerprint density at radius 1 is 0.733 bits per heavy atom. The summed E-state index contributed by atoms with van der Waals surface area (Å²) in [6, 6.07) is 38.7. The molecule has 7 nitrogen and oxygen atoms in total. The molecule has 0 bridgehead atoms. The third kappa shape index (κ3) is 9.11. The van der Waals surface area contributed by atoms with Gasteiger partial charge in [-0.2, -0.15) is 0 Å². The van der Waals surface area contributed by atoms with Crippen LogP contribution in [0, 0.1) is 0 Å². The first-order chi connectivity index (χ1) is 22.0. The summed E-state index contributed by atoms with van der Waals surface area (Å²) in [7, 11) is 0. The number of rotatable bonds is 17. The topological polar surface area (TPSA) is 93.9 Å². The van der Waals surface area contributed by atoms with Crippen molar-refractivity contribution in [1.82, 2.24) is 10.2 Å². The standard InChI is InChI=1S/C38H45N3O4/c1-3-44-36(45-4-2)29-41(27-17-20-30-18-9-5-10-19-30)37(43)34(39)28-35(42)40-38(31-21-11-6-12-22-31,32-23-13-7-14-24-32)33-25-15-8-16-26-33/h5-16,18-19,21-26,34,36H,3-4,17,20,27-29,39H2,1-2H3,(H,40,42)/t34-/m0/s1. The van der Waals surface area contributed by atoms with E-state index in [4.69, 9.17) is 15.2 Å². The van der Waals surface area contributed by atoms with Gasteiger partial charge in [0.15, 0.2) is 6.29 Å². The SMILES string of the molecule is CCOC(CN(CCCc1ccccc1)C(=O)[C@@H](N)CC(=O)NC(c1ccccc1)(c1ccccc1)c1ccccc1)OCC. The maximum Gasteiger partial charge on any atom is 0.240 e. The molecule has 0 spiro atoms. The molecular weight excluding hydrogens is 562 g/mol. The fourth-order valence-corrected chi connectivity index (χ4v) is 5.68. The quantitative estimate of drug-likeness (QED) is 0.119. The van der Waals surface area contributed by atoms with Crippen LogP contribution in [0.2, 0.25) is 0 Å². The van der Waals surface area contributed by atoms with Crippen LogP contribution in [0.3, 0.4) is 0 Å². The largest absolute Gasteiger partial charge is 0.351 e. The number of nitrogens with zero attached hydrogens (tertiary/aromatic N) is 1. The van der Waals surface area contributed by atoms with E-state index in [9.17, 15) is 9.59 Å². The van der Waals surface area contributed by atoms with Gasteiger partial charge in [-0.05, 0) is 48.9 Å². The number of hydrogen-bond acceptors (Lipinski definition) is 5. The Labute approximate surface area is 267 Å². The monoisotopic (exact) mass is 607 g/mol. The summed E-state index contributed by atoms with van der Waals surface area (Å²) in [6.45, 7) is 5.37. The van der Waals surface area contributed by atoms with Crippen molar-refractivity contribution >= 4 is 11.8 Å². The van der Waals surface area contributed by atoms with Gasteiger partial charge in [0.05, 0.1) is 19.0 Å². The third-order valence-electron chi connectivity index (χ3n) is 7.79. The fraction of sp³-hybridized carbons (Fsp3) is 0.316. The Kier molecular flexibility index (Phi) is 12.9. The molecule has 7 heteroatoms. The highest BCUT2D eigenvalue weighted by Crippen LogP contribution is 2.36. The van der Waals surface area contributed by atoms with Crippen LogP contribution in [0.25, 0.3) is 0 Å². The molecule has 0 heterocycles. The van der Waals surface area contributed by atoms with Crippen LogP contribution >= 0.6 is 0 Å². The molecule has 0 radical (unpaired) electrons. The molecule has 236 valence electrons. The predicted octanol–water partition coefficient (Wildman–Crippen LogP) is 5.67. The number of amides is 2. The minimum absolute atomic E-state index is 0.184. The molecule has 0 aromatic heterocycles. The van der Waals surface area contributed by atoms with Gasteiger partial charge in [0.2, 0.25) is 11.8 Å². The van der Waals surface area contributed by atoms with Crippen LogP contribution in [0.5, 0.6) is 0 Å². The van der Waals surface area contributed by atoms with Gasteiger partial charge < -0.3 is 25.4 Å². The number of carbonyl (C=O) groups excluding carboxylic acids is 2. The second-order valence-corrected chi connectivity index (χ2v) is 10.9. The maximum atomic E-state index is 13.9. The molecule has 4 aromatic rings. The Morgan fingerprint density at radius 3 is 1.62 bits per heavy atom. The van der Waals surface area contributed by atoms with Gasteiger partial charge in [-0.25, -0.2) is 0 Å². The zero-order valence-electron chi connectivity index (χ0n) is 26.3. The van der Waals surface area contributed by atoms with Crippen LogP contribution < -0.4 is 11.1 Å². The smallest absolute Gasteiger partial charge is 0.240 e. The summed E-state index contributed by atoms with van der Waals surface area (Å²) in [4.78, 5) is 29.5. The molecule has 45 heavy (non-hydrogen) atoms. The van der Waals surface area contributed by atoms with Crippen molar-refractivity contribution in [3.63, 3.8) is 0 Å². The van der Waals surface area contributed by atoms with E-state index in [1.54, 1.807) is 4.90 Å². The second-order valence-electron chi connectivity index (χ2n) is 10.9. The van der Waals surface area contributed by atoms with E-state index in [0.29, 0.717) is 19.8 Å². The second kappa shape index (κ2) is 17.3. The van der Waals surface area contributed by atoms with Crippen molar-refractivity contribution in [2.24, 2.45) is 5.73 Å². The molecule has 0 aliphatic carbocycles. The number of carbonyl (C=O) groups is 2. The lowest BCUT2D eigenvalue weighted by atomic mass is 9.77. The summed E-state index contributed by atoms with van der Waals surface area (Å²) in [6.07, 6.45) is 0.778. The van der Waals surface area contributed by atoms with Crippen molar-refractivity contribution in [1.29, 1.82) is 0 Å². The lowest BCUT2D eigenvalue weighted by Gasteiger charge is -2.37. The highest BCUT2D eigenvalue weighted by atomic mass is 16.7. The summed E-state index contributed by atoms with van der Waals surface area (Å²) < 4.78 is 11.5. The van der Waals surface area contributed by atoms with Gasteiger partial charge >= 0.3 is 0 Å². The van der Waals surface area contributed by atoms with E-state index in [1.807, 2.05) is 123 Å². The van der Waals surface area contributed by atoms with Crippen molar-refractivity contribution in [3.8, 4) is 0 Å². The maximum absolute atomic E-state index is 13.9. The average Bonchev–Trinajstić information content (AvgIpc) is 3.08. The van der Waals surface area contributed by atoms with Crippen LogP contribution in [0.15, 0.2) is 121 Å². The zero-order valence-corrected chi connectivity index (χ0v) is 26.3. The molecule has 0 saturated heterocycles. The number of benzene rings is 4. The minimum Gasteiger partial charge on any atom is -0.351 e. The first-order valence-electron chi connectivity index (χ1n) is 15.8. The summed E-state index contributed by atoms with van der Waals surface area (Å²) in [5, 5.41) is 3.31. The summed E-state index contributed by atoms with van der Waals surface area (Å²) in [5.41, 5.74) is 9.42. The Morgan fingerprint density at radius 2 is 1.18 bits per heavy atom. The highest BCUT2D eigenvalue weighted by Gasteiger charge is 2.38. The number of hydrogen-bond donors (Lipinski definition) is 2. The molecule has 3 N–H and O–H groups in total. The molecule has 0 saturated carbocycles. The number of nitrogens with one attached hydrogen (secondary N) is 1. The molecular formula is C38H45N3O4. The van der Waals surface area contributed by atoms with E-state index in [-0.39, 0.29) is 24.8 Å². The number of nitrogens with two attached hydrogens (primary N) is 1. The van der Waals surface area contributed by atoms with E-state index in [1.165, 1.54) is 5.56 Å². The van der Waals surface area contributed by atoms with Gasteiger partial charge in [0, 0.05) is 19.8 Å². The zero-order chi connectivity index (χ0) is 31.9. The highest BCUT2D eigenvalue weighted by molar-refractivity contribution is 5.89. The lowest BCUT2D eigenvalue weighted by molar-refractivity contribution is -0.160. The predicted molar refractivity (Wildman–Crippen MR) is 178 cm³/mol. The van der Waals surface area contributed by atoms with E-state index in [0.717, 1.165) is 29.5 Å². The number of aryl methyl sites for hydroxylation is 1. The molecule has 1 atom stereocenters. The molecule has 0 unspecified atom stereocenters. The normalized spacial score (nSPS) is 12.1. The molecule has 4 rings (SSSR count). The Balaban J connectivity index is 1.57. The van der Waals surface area contributed by atoms with Crippen LogP contribution in [0.4, 0.5) is 0 Å². The van der Waals surface area contributed by atoms with E-state index in [2.05, 4.69) is 17.4 Å². The molecule has 0 aliphatic heterocycles. The van der Waals surface area contributed by atoms with E-state index >= 15 is 0 Å². The minimum atomic E-state index is -1.05. The van der Waals surface area contributed by atoms with Crippen molar-refractivity contribution < 1.29 is 19.1 Å². The van der Waals surface area contributed by atoms with Gasteiger partial charge in [-0.1, -0.05) is 121 Å². The number of ether oxygens (including phenoxy) is 2. The first kappa shape index (κ1) is 33.6. The van der Waals surface area contributed by atoms with Crippen molar-refractivity contribution in [2.75, 3.05) is 26.3 Å². The first-order valence-corrected chi connectivity index (χ1v) is 15.8. The molecule has 4 aromatic carbocycles. The van der Waals surface area contributed by atoms with Gasteiger partial charge in [0.1, 0.15) is 5.54 Å². The summed E-state index contributed by atoms with van der Waals surface area (Å²) in [5.74, 6) is -0.643. The van der Waals surface area contributed by atoms with Crippen LogP contribution in [0.1, 0.15) is 48.9 Å². The Bertz CT molecular complexity index is 1330. The van der Waals surface area contributed by atoms with E-state index < -0.39 is 17.9 Å². The van der Waals surface area contributed by atoms with Crippen LogP contribution in [-0.2, 0) is 31.0 Å². The average molecular weight is 608 g/mol. The lowest BCUT2D eigenvalue weighted by Crippen LogP contribution is -2.52. The fourth-order valence-electron chi connectivity index (χ4n) is 5.68.